The summed E-state index contributed by atoms with van der Waals surface area (Å²) < 4.78 is 5.28. The minimum Gasteiger partial charge on any atom is -0.495 e. The number of hydrogen-bond acceptors (Lipinski definition) is 3. The van der Waals surface area contributed by atoms with Crippen LogP contribution >= 0.6 is 0 Å². The normalized spacial score (nSPS) is 19.2. The van der Waals surface area contributed by atoms with Crippen LogP contribution in [0.3, 0.4) is 0 Å². The monoisotopic (exact) mass is 366 g/mol. The highest BCUT2D eigenvalue weighted by Crippen LogP contribution is 2.32. The maximum absolute atomic E-state index is 12.6. The van der Waals surface area contributed by atoms with Gasteiger partial charge in [0.2, 0.25) is 11.8 Å². The van der Waals surface area contributed by atoms with Gasteiger partial charge in [0.05, 0.1) is 12.8 Å². The Morgan fingerprint density at radius 1 is 0.889 bits per heavy atom. The van der Waals surface area contributed by atoms with E-state index in [1.807, 2.05) is 55.5 Å². The molecule has 0 radical (unpaired) electrons. The van der Waals surface area contributed by atoms with E-state index in [9.17, 15) is 9.59 Å². The molecule has 0 aromatic heterocycles. The molecule has 2 aromatic carbocycles. The van der Waals surface area contributed by atoms with E-state index in [-0.39, 0.29) is 23.7 Å². The summed E-state index contributed by atoms with van der Waals surface area (Å²) in [5.74, 6) is 0.581. The summed E-state index contributed by atoms with van der Waals surface area (Å²) >= 11 is 0. The van der Waals surface area contributed by atoms with Crippen molar-refractivity contribution in [3.8, 4) is 5.75 Å². The van der Waals surface area contributed by atoms with Gasteiger partial charge in [-0.3, -0.25) is 9.59 Å². The van der Waals surface area contributed by atoms with Crippen LogP contribution in [0, 0.1) is 18.8 Å². The van der Waals surface area contributed by atoms with Gasteiger partial charge in [-0.2, -0.15) is 0 Å². The summed E-state index contributed by atoms with van der Waals surface area (Å²) in [5.41, 5.74) is 2.63. The van der Waals surface area contributed by atoms with Gasteiger partial charge < -0.3 is 15.4 Å². The Bertz CT molecular complexity index is 811. The van der Waals surface area contributed by atoms with Gasteiger partial charge in [0.15, 0.2) is 0 Å². The molecule has 0 atom stereocenters. The first-order chi connectivity index (χ1) is 13.1. The summed E-state index contributed by atoms with van der Waals surface area (Å²) in [6.45, 7) is 2.00. The number of amides is 2. The number of nitrogens with one attached hydrogen (secondary N) is 2. The zero-order valence-electron chi connectivity index (χ0n) is 15.8. The van der Waals surface area contributed by atoms with Crippen molar-refractivity contribution in [1.82, 2.24) is 0 Å². The Labute approximate surface area is 160 Å². The Morgan fingerprint density at radius 2 is 1.52 bits per heavy atom. The number of anilines is 2. The smallest absolute Gasteiger partial charge is 0.227 e. The van der Waals surface area contributed by atoms with E-state index in [0.717, 1.165) is 24.1 Å². The summed E-state index contributed by atoms with van der Waals surface area (Å²) in [7, 11) is 1.59. The zero-order valence-corrected chi connectivity index (χ0v) is 15.8. The Kier molecular flexibility index (Phi) is 6.12. The minimum absolute atomic E-state index is 0.00274. The highest BCUT2D eigenvalue weighted by Gasteiger charge is 2.30. The number of rotatable bonds is 5. The third-order valence-electron chi connectivity index (χ3n) is 5.12. The van der Waals surface area contributed by atoms with Gasteiger partial charge in [0, 0.05) is 17.5 Å². The summed E-state index contributed by atoms with van der Waals surface area (Å²) in [4.78, 5) is 25.1. The lowest BCUT2D eigenvalue weighted by Gasteiger charge is -2.27. The van der Waals surface area contributed by atoms with E-state index in [2.05, 4.69) is 10.6 Å². The van der Waals surface area contributed by atoms with Gasteiger partial charge in [-0.1, -0.05) is 24.3 Å². The molecule has 142 valence electrons. The topological polar surface area (TPSA) is 67.4 Å². The first-order valence-corrected chi connectivity index (χ1v) is 9.38. The van der Waals surface area contributed by atoms with Gasteiger partial charge in [-0.25, -0.2) is 0 Å². The molecule has 0 unspecified atom stereocenters. The molecule has 0 spiro atoms. The number of carbonyl (C=O) groups is 2. The van der Waals surface area contributed by atoms with E-state index in [1.54, 1.807) is 7.11 Å². The second kappa shape index (κ2) is 8.71. The van der Waals surface area contributed by atoms with Crippen molar-refractivity contribution in [1.29, 1.82) is 0 Å². The molecule has 1 fully saturated rings. The average molecular weight is 366 g/mol. The van der Waals surface area contributed by atoms with Crippen LogP contribution in [0.1, 0.15) is 31.2 Å². The Balaban J connectivity index is 1.52. The van der Waals surface area contributed by atoms with Gasteiger partial charge in [-0.05, 0) is 62.4 Å². The van der Waals surface area contributed by atoms with E-state index in [1.165, 1.54) is 0 Å². The third-order valence-corrected chi connectivity index (χ3v) is 5.12. The molecule has 2 N–H and O–H groups in total. The van der Waals surface area contributed by atoms with E-state index >= 15 is 0 Å². The molecule has 2 amide bonds. The van der Waals surface area contributed by atoms with Crippen LogP contribution in [0.2, 0.25) is 0 Å². The number of methoxy groups -OCH3 is 1. The largest absolute Gasteiger partial charge is 0.495 e. The van der Waals surface area contributed by atoms with Gasteiger partial charge >= 0.3 is 0 Å². The Hall–Kier alpha value is -2.82. The summed E-state index contributed by atoms with van der Waals surface area (Å²) in [6, 6.07) is 15.2. The number of benzene rings is 2. The Morgan fingerprint density at radius 3 is 2.15 bits per heavy atom. The van der Waals surface area contributed by atoms with Crippen molar-refractivity contribution in [3.63, 3.8) is 0 Å². The third kappa shape index (κ3) is 4.88. The summed E-state index contributed by atoms with van der Waals surface area (Å²) in [6.07, 6.45) is 2.88. The number of hydrogen-bond donors (Lipinski definition) is 2. The molecule has 3 rings (SSSR count). The molecular weight excluding hydrogens is 340 g/mol. The molecule has 5 nitrogen and oxygen atoms in total. The fraction of sp³-hybridized carbons (Fsp3) is 0.364. The zero-order chi connectivity index (χ0) is 19.2. The van der Waals surface area contributed by atoms with Crippen molar-refractivity contribution in [2.75, 3.05) is 17.7 Å². The SMILES string of the molecule is COc1ccccc1NC(=O)C1CCC(C(=O)Nc2cccc(C)c2)CC1. The first-order valence-electron chi connectivity index (χ1n) is 9.38. The minimum atomic E-state index is -0.0714. The van der Waals surface area contributed by atoms with Crippen LogP contribution in [0.4, 0.5) is 11.4 Å². The van der Waals surface area contributed by atoms with Crippen LogP contribution in [0.5, 0.6) is 5.75 Å². The van der Waals surface area contributed by atoms with Gasteiger partial charge in [0.1, 0.15) is 5.75 Å². The lowest BCUT2D eigenvalue weighted by Crippen LogP contribution is -2.32. The fourth-order valence-corrected chi connectivity index (χ4v) is 3.57. The second-order valence-electron chi connectivity index (χ2n) is 7.10. The average Bonchev–Trinajstić information content (AvgIpc) is 2.68. The molecule has 1 aliphatic rings. The highest BCUT2D eigenvalue weighted by molar-refractivity contribution is 5.95. The lowest BCUT2D eigenvalue weighted by atomic mass is 9.81. The predicted molar refractivity (Wildman–Crippen MR) is 107 cm³/mol. The van der Waals surface area contributed by atoms with Gasteiger partial charge in [-0.15, -0.1) is 0 Å². The van der Waals surface area contributed by atoms with Crippen molar-refractivity contribution in [2.45, 2.75) is 32.6 Å². The summed E-state index contributed by atoms with van der Waals surface area (Å²) in [5, 5.41) is 5.95. The molecule has 5 heteroatoms. The van der Waals surface area contributed by atoms with Gasteiger partial charge in [0.25, 0.3) is 0 Å². The predicted octanol–water partition coefficient (Wildman–Crippen LogP) is 4.39. The van der Waals surface area contributed by atoms with Crippen LogP contribution in [0.25, 0.3) is 0 Å². The van der Waals surface area contributed by atoms with Crippen LogP contribution in [-0.4, -0.2) is 18.9 Å². The maximum Gasteiger partial charge on any atom is 0.227 e. The molecule has 0 aliphatic heterocycles. The van der Waals surface area contributed by atoms with E-state index < -0.39 is 0 Å². The number of aryl methyl sites for hydroxylation is 1. The number of para-hydroxylation sites is 2. The molecule has 27 heavy (non-hydrogen) atoms. The first kappa shape index (κ1) is 19.0. The number of ether oxygens (including phenoxy) is 1. The van der Waals surface area contributed by atoms with Crippen molar-refractivity contribution in [2.24, 2.45) is 11.8 Å². The second-order valence-corrected chi connectivity index (χ2v) is 7.10. The molecule has 1 saturated carbocycles. The fourth-order valence-electron chi connectivity index (χ4n) is 3.57. The number of carbonyl (C=O) groups excluding carboxylic acids is 2. The standard InChI is InChI=1S/C22H26N2O3/c1-15-6-5-7-18(14-15)23-21(25)16-10-12-17(13-11-16)22(26)24-19-8-3-4-9-20(19)27-2/h3-9,14,16-17H,10-13H2,1-2H3,(H,23,25)(H,24,26). The van der Waals surface area contributed by atoms with E-state index in [4.69, 9.17) is 4.74 Å². The van der Waals surface area contributed by atoms with E-state index in [0.29, 0.717) is 24.3 Å². The molecule has 0 bridgehead atoms. The lowest BCUT2D eigenvalue weighted by molar-refractivity contribution is -0.125. The van der Waals surface area contributed by atoms with Crippen LogP contribution < -0.4 is 15.4 Å². The van der Waals surface area contributed by atoms with Crippen molar-refractivity contribution in [3.05, 3.63) is 54.1 Å². The molecular formula is C22H26N2O3. The maximum atomic E-state index is 12.6. The van der Waals surface area contributed by atoms with Crippen LogP contribution in [-0.2, 0) is 9.59 Å². The van der Waals surface area contributed by atoms with Crippen LogP contribution in [0.15, 0.2) is 48.5 Å². The molecule has 0 heterocycles. The molecule has 2 aromatic rings. The highest BCUT2D eigenvalue weighted by atomic mass is 16.5. The molecule has 0 saturated heterocycles. The quantitative estimate of drug-likeness (QED) is 0.825. The van der Waals surface area contributed by atoms with Crippen molar-refractivity contribution >= 4 is 23.2 Å². The van der Waals surface area contributed by atoms with Crippen molar-refractivity contribution < 1.29 is 14.3 Å². The molecule has 1 aliphatic carbocycles.